The zero-order valence-electron chi connectivity index (χ0n) is 19.5. The number of hydrogen-bond donors (Lipinski definition) is 1. The fraction of sp³-hybridized carbons (Fsp3) is 0.320. The number of carbonyl (C=O) groups is 1. The molecule has 9 nitrogen and oxygen atoms in total. The third-order valence-electron chi connectivity index (χ3n) is 6.53. The number of carbonyl (C=O) groups excluding carboxylic acids is 1. The molecule has 1 amide bonds. The largest absolute Gasteiger partial charge is 0.367 e. The number of fused-ring (bicyclic) bond motifs is 1. The van der Waals surface area contributed by atoms with Gasteiger partial charge in [0.05, 0.1) is 35.2 Å². The molecule has 1 atom stereocenters. The van der Waals surface area contributed by atoms with Crippen molar-refractivity contribution >= 4 is 28.5 Å². The maximum absolute atomic E-state index is 13.8. The number of aromatic nitrogens is 5. The van der Waals surface area contributed by atoms with E-state index in [1.807, 2.05) is 12.1 Å². The topological polar surface area (TPSA) is 93.2 Å². The molecule has 4 aromatic rings. The highest BCUT2D eigenvalue weighted by atomic mass is 19.1. The van der Waals surface area contributed by atoms with Crippen LogP contribution in [-0.4, -0.2) is 55.9 Å². The monoisotopic (exact) mass is 472 g/mol. The van der Waals surface area contributed by atoms with E-state index in [4.69, 9.17) is 5.10 Å². The third kappa shape index (κ3) is 3.48. The second-order valence-corrected chi connectivity index (χ2v) is 9.08. The SMILES string of the molecule is CC(C)c1c(N2CCC(n3nc(C4=NCCN4)c4cccnc43)C2=O)cnn1-c1ccc(F)cc1. The minimum Gasteiger partial charge on any atom is -0.367 e. The van der Waals surface area contributed by atoms with E-state index in [-0.39, 0.29) is 17.6 Å². The number of amidine groups is 1. The van der Waals surface area contributed by atoms with Crippen molar-refractivity contribution in [1.29, 1.82) is 0 Å². The van der Waals surface area contributed by atoms with Crippen molar-refractivity contribution in [1.82, 2.24) is 29.9 Å². The van der Waals surface area contributed by atoms with Crippen LogP contribution in [0.5, 0.6) is 0 Å². The smallest absolute Gasteiger partial charge is 0.252 e. The van der Waals surface area contributed by atoms with Gasteiger partial charge in [-0.15, -0.1) is 0 Å². The highest BCUT2D eigenvalue weighted by Gasteiger charge is 2.38. The van der Waals surface area contributed by atoms with Crippen LogP contribution in [0.3, 0.4) is 0 Å². The predicted molar refractivity (Wildman–Crippen MR) is 131 cm³/mol. The lowest BCUT2D eigenvalue weighted by Crippen LogP contribution is -2.29. The quantitative estimate of drug-likeness (QED) is 0.482. The molecule has 0 radical (unpaired) electrons. The van der Waals surface area contributed by atoms with E-state index in [0.717, 1.165) is 40.5 Å². The van der Waals surface area contributed by atoms with E-state index in [0.29, 0.717) is 25.2 Å². The molecule has 2 aliphatic heterocycles. The lowest BCUT2D eigenvalue weighted by molar-refractivity contribution is -0.120. The van der Waals surface area contributed by atoms with Crippen molar-refractivity contribution < 1.29 is 9.18 Å². The molecule has 0 aliphatic carbocycles. The summed E-state index contributed by atoms with van der Waals surface area (Å²) in [7, 11) is 0. The molecule has 3 aromatic heterocycles. The maximum Gasteiger partial charge on any atom is 0.252 e. The first kappa shape index (κ1) is 21.5. The number of pyridine rings is 1. The summed E-state index contributed by atoms with van der Waals surface area (Å²) in [6.07, 6.45) is 4.04. The number of hydrogen-bond acceptors (Lipinski definition) is 6. The van der Waals surface area contributed by atoms with Crippen molar-refractivity contribution in [3.63, 3.8) is 0 Å². The van der Waals surface area contributed by atoms with Crippen LogP contribution in [0.25, 0.3) is 16.7 Å². The number of halogens is 1. The fourth-order valence-corrected chi connectivity index (χ4v) is 4.94. The van der Waals surface area contributed by atoms with Gasteiger partial charge in [0.2, 0.25) is 0 Å². The zero-order chi connectivity index (χ0) is 24.1. The van der Waals surface area contributed by atoms with Gasteiger partial charge < -0.3 is 10.2 Å². The molecule has 178 valence electrons. The molecule has 1 unspecified atom stereocenters. The Morgan fingerprint density at radius 1 is 1.17 bits per heavy atom. The predicted octanol–water partition coefficient (Wildman–Crippen LogP) is 3.21. The van der Waals surface area contributed by atoms with E-state index < -0.39 is 6.04 Å². The van der Waals surface area contributed by atoms with Gasteiger partial charge in [-0.25, -0.2) is 18.7 Å². The Morgan fingerprint density at radius 2 is 2.00 bits per heavy atom. The molecule has 1 fully saturated rings. The second kappa shape index (κ2) is 8.30. The number of benzene rings is 1. The molecule has 1 N–H and O–H groups in total. The molecule has 1 aromatic carbocycles. The number of aliphatic imine (C=N–C) groups is 1. The van der Waals surface area contributed by atoms with E-state index in [1.165, 1.54) is 12.1 Å². The molecule has 1 saturated heterocycles. The Kier molecular flexibility index (Phi) is 5.09. The van der Waals surface area contributed by atoms with E-state index in [2.05, 4.69) is 34.2 Å². The van der Waals surface area contributed by atoms with Crippen molar-refractivity contribution in [3.05, 3.63) is 66.0 Å². The maximum atomic E-state index is 13.8. The first-order valence-electron chi connectivity index (χ1n) is 11.8. The van der Waals surface area contributed by atoms with Crippen LogP contribution in [0.15, 0.2) is 53.8 Å². The normalized spacial score (nSPS) is 18.1. The van der Waals surface area contributed by atoms with Gasteiger partial charge in [0.1, 0.15) is 23.4 Å². The summed E-state index contributed by atoms with van der Waals surface area (Å²) in [5.74, 6) is 0.484. The van der Waals surface area contributed by atoms with E-state index in [1.54, 1.807) is 38.8 Å². The molecule has 6 rings (SSSR count). The molecule has 35 heavy (non-hydrogen) atoms. The summed E-state index contributed by atoms with van der Waals surface area (Å²) in [4.78, 5) is 24.6. The minimum atomic E-state index is -0.475. The first-order chi connectivity index (χ1) is 17.0. The Bertz CT molecular complexity index is 1450. The number of nitrogens with one attached hydrogen (secondary N) is 1. The zero-order valence-corrected chi connectivity index (χ0v) is 19.5. The van der Waals surface area contributed by atoms with Crippen molar-refractivity contribution in [2.75, 3.05) is 24.5 Å². The van der Waals surface area contributed by atoms with Gasteiger partial charge in [-0.2, -0.15) is 10.2 Å². The van der Waals surface area contributed by atoms with Crippen LogP contribution in [0, 0.1) is 5.82 Å². The molecule has 0 bridgehead atoms. The molecule has 5 heterocycles. The van der Waals surface area contributed by atoms with Crippen molar-refractivity contribution in [3.8, 4) is 5.69 Å². The van der Waals surface area contributed by atoms with Crippen molar-refractivity contribution in [2.45, 2.75) is 32.2 Å². The third-order valence-corrected chi connectivity index (χ3v) is 6.53. The van der Waals surface area contributed by atoms with E-state index >= 15 is 0 Å². The summed E-state index contributed by atoms with van der Waals surface area (Å²) < 4.78 is 17.0. The van der Waals surface area contributed by atoms with Gasteiger partial charge in [-0.05, 0) is 48.7 Å². The molecule has 0 spiro atoms. The Hall–Kier alpha value is -4.08. The Morgan fingerprint density at radius 3 is 2.74 bits per heavy atom. The summed E-state index contributed by atoms with van der Waals surface area (Å²) in [5.41, 5.74) is 3.82. The molecular formula is C25H25FN8O. The van der Waals surface area contributed by atoms with Gasteiger partial charge in [-0.3, -0.25) is 9.79 Å². The first-order valence-corrected chi connectivity index (χ1v) is 11.8. The van der Waals surface area contributed by atoms with Crippen LogP contribution >= 0.6 is 0 Å². The van der Waals surface area contributed by atoms with E-state index in [9.17, 15) is 9.18 Å². The average molecular weight is 473 g/mol. The van der Waals surface area contributed by atoms with Gasteiger partial charge in [0.25, 0.3) is 5.91 Å². The molecular weight excluding hydrogens is 447 g/mol. The highest BCUT2D eigenvalue weighted by molar-refractivity contribution is 6.08. The number of amides is 1. The lowest BCUT2D eigenvalue weighted by Gasteiger charge is -2.20. The van der Waals surface area contributed by atoms with Gasteiger partial charge >= 0.3 is 0 Å². The number of rotatable bonds is 5. The molecule has 2 aliphatic rings. The standard InChI is InChI=1S/C25H25FN8O/c1-15(2)22-20(14-30-33(22)17-7-5-16(26)6-8-17)32-13-9-19(25(32)35)34-24-18(4-3-10-29-24)21(31-34)23-27-11-12-28-23/h3-8,10,14-15,19H,9,11-13H2,1-2H3,(H,27,28). The summed E-state index contributed by atoms with van der Waals surface area (Å²) in [5, 5.41) is 13.5. The van der Waals surface area contributed by atoms with Crippen LogP contribution in [0.2, 0.25) is 0 Å². The summed E-state index contributed by atoms with van der Waals surface area (Å²) in [6.45, 7) is 6.14. The number of anilines is 1. The highest BCUT2D eigenvalue weighted by Crippen LogP contribution is 2.36. The number of nitrogens with zero attached hydrogens (tertiary/aromatic N) is 7. The lowest BCUT2D eigenvalue weighted by atomic mass is 10.1. The molecule has 10 heteroatoms. The summed E-state index contributed by atoms with van der Waals surface area (Å²) in [6, 6.07) is 9.56. The average Bonchev–Trinajstić information content (AvgIpc) is 3.64. The van der Waals surface area contributed by atoms with Gasteiger partial charge in [0.15, 0.2) is 5.65 Å². The Labute approximate surface area is 201 Å². The minimum absolute atomic E-state index is 0.0477. The molecule has 0 saturated carbocycles. The van der Waals surface area contributed by atoms with Gasteiger partial charge in [-0.1, -0.05) is 13.8 Å². The van der Waals surface area contributed by atoms with Gasteiger partial charge in [0, 0.05) is 19.3 Å². The van der Waals surface area contributed by atoms with Crippen LogP contribution in [-0.2, 0) is 4.79 Å². The fourth-order valence-electron chi connectivity index (χ4n) is 4.94. The van der Waals surface area contributed by atoms with Crippen molar-refractivity contribution in [2.24, 2.45) is 4.99 Å². The van der Waals surface area contributed by atoms with Crippen LogP contribution in [0.4, 0.5) is 10.1 Å². The second-order valence-electron chi connectivity index (χ2n) is 9.08. The van der Waals surface area contributed by atoms with Crippen LogP contribution in [0.1, 0.15) is 43.6 Å². The van der Waals surface area contributed by atoms with Crippen LogP contribution < -0.4 is 10.2 Å². The summed E-state index contributed by atoms with van der Waals surface area (Å²) >= 11 is 0. The Balaban J connectivity index is 1.38.